The molecule has 0 fully saturated rings. The highest BCUT2D eigenvalue weighted by molar-refractivity contribution is 5.74. The quantitative estimate of drug-likeness (QED) is 0.285. The van der Waals surface area contributed by atoms with Crippen molar-refractivity contribution in [1.29, 1.82) is 0 Å². The Kier molecular flexibility index (Phi) is 6.22. The van der Waals surface area contributed by atoms with Crippen molar-refractivity contribution in [3.05, 3.63) is 114 Å². The van der Waals surface area contributed by atoms with Crippen molar-refractivity contribution in [1.82, 2.24) is 19.9 Å². The molecule has 5 aromatic rings. The number of aryl methyl sites for hydroxylation is 1. The van der Waals surface area contributed by atoms with Crippen LogP contribution in [0.5, 0.6) is 5.75 Å². The van der Waals surface area contributed by atoms with Gasteiger partial charge in [0.05, 0.1) is 36.4 Å². The van der Waals surface area contributed by atoms with Crippen LogP contribution in [0, 0.1) is 0 Å². The number of nitrogens with zero attached hydrogens (tertiary/aromatic N) is 3. The summed E-state index contributed by atoms with van der Waals surface area (Å²) in [5.41, 5.74) is 8.21. The molecule has 0 spiro atoms. The second-order valence-electron chi connectivity index (χ2n) is 9.46. The first-order chi connectivity index (χ1) is 17.8. The molecule has 0 radical (unpaired) electrons. The fraction of sp³-hybridized carbons (Fsp3) is 0.226. The molecule has 0 unspecified atom stereocenters. The molecule has 180 valence electrons. The molecule has 1 N–H and O–H groups in total. The number of pyridine rings is 1. The van der Waals surface area contributed by atoms with Crippen molar-refractivity contribution in [2.75, 3.05) is 7.11 Å². The first kappa shape index (κ1) is 22.5. The molecule has 5 heteroatoms. The Morgan fingerprint density at radius 2 is 1.75 bits per heavy atom. The van der Waals surface area contributed by atoms with E-state index in [2.05, 4.69) is 64.5 Å². The first-order valence-corrected chi connectivity index (χ1v) is 12.6. The van der Waals surface area contributed by atoms with Gasteiger partial charge in [0.15, 0.2) is 0 Å². The van der Waals surface area contributed by atoms with Gasteiger partial charge in [0, 0.05) is 18.3 Å². The highest BCUT2D eigenvalue weighted by atomic mass is 16.5. The third-order valence-corrected chi connectivity index (χ3v) is 7.16. The van der Waals surface area contributed by atoms with E-state index in [0.29, 0.717) is 0 Å². The lowest BCUT2D eigenvalue weighted by molar-refractivity contribution is 0.153. The van der Waals surface area contributed by atoms with E-state index in [1.54, 1.807) is 7.11 Å². The molecule has 1 atom stereocenters. The van der Waals surface area contributed by atoms with E-state index in [0.717, 1.165) is 59.7 Å². The number of imidazole rings is 1. The molecule has 3 aromatic carbocycles. The highest BCUT2D eigenvalue weighted by Gasteiger charge is 2.28. The minimum Gasteiger partial charge on any atom is -0.496 e. The molecular formula is C31H30N4O. The Morgan fingerprint density at radius 3 is 2.61 bits per heavy atom. The van der Waals surface area contributed by atoms with Crippen LogP contribution in [0.3, 0.4) is 0 Å². The van der Waals surface area contributed by atoms with Gasteiger partial charge in [0.1, 0.15) is 11.6 Å². The lowest BCUT2D eigenvalue weighted by atomic mass is 9.90. The molecule has 0 bridgehead atoms. The summed E-state index contributed by atoms with van der Waals surface area (Å²) in [6.45, 7) is 1.56. The average Bonchev–Trinajstić information content (AvgIpc) is 3.35. The fourth-order valence-electron chi connectivity index (χ4n) is 5.40. The fourth-order valence-corrected chi connectivity index (χ4v) is 5.40. The topological polar surface area (TPSA) is 54.0 Å². The number of benzene rings is 3. The predicted octanol–water partition coefficient (Wildman–Crippen LogP) is 6.71. The number of H-pyrrole nitrogens is 1. The summed E-state index contributed by atoms with van der Waals surface area (Å²) >= 11 is 0. The lowest BCUT2D eigenvalue weighted by Crippen LogP contribution is -2.31. The van der Waals surface area contributed by atoms with Gasteiger partial charge < -0.3 is 9.72 Å². The van der Waals surface area contributed by atoms with Crippen LogP contribution in [0.2, 0.25) is 0 Å². The molecule has 0 amide bonds. The summed E-state index contributed by atoms with van der Waals surface area (Å²) in [4.78, 5) is 15.8. The number of rotatable bonds is 7. The lowest BCUT2D eigenvalue weighted by Gasteiger charge is -2.34. The Labute approximate surface area is 211 Å². The molecule has 6 rings (SSSR count). The Bertz CT molecular complexity index is 1440. The second-order valence-corrected chi connectivity index (χ2v) is 9.46. The number of methoxy groups -OCH3 is 1. The molecule has 5 nitrogen and oxygen atoms in total. The van der Waals surface area contributed by atoms with Crippen LogP contribution < -0.4 is 4.74 Å². The molecule has 1 aliphatic carbocycles. The molecular weight excluding hydrogens is 444 g/mol. The number of ether oxygens (including phenoxy) is 1. The summed E-state index contributed by atoms with van der Waals surface area (Å²) in [7, 11) is 1.72. The number of hydrogen-bond donors (Lipinski definition) is 1. The molecule has 0 aliphatic heterocycles. The summed E-state index contributed by atoms with van der Waals surface area (Å²) in [6.07, 6.45) is 5.31. The standard InChI is InChI=1S/C31H30N4O/c1-36-29-14-5-2-10-25(29)23-17-15-22(16-18-23)20-35(21-30-33-26-11-3-4-12-27(26)34-30)28-13-6-8-24-9-7-19-32-31(24)28/h2-5,7,9-12,14-19,28H,6,8,13,20-21H2,1H3,(H,33,34)/t28-/m1/s1. The zero-order chi connectivity index (χ0) is 24.3. The Balaban J connectivity index is 1.31. The van der Waals surface area contributed by atoms with Gasteiger partial charge >= 0.3 is 0 Å². The van der Waals surface area contributed by atoms with E-state index in [-0.39, 0.29) is 6.04 Å². The first-order valence-electron chi connectivity index (χ1n) is 12.6. The molecule has 36 heavy (non-hydrogen) atoms. The number of hydrogen-bond acceptors (Lipinski definition) is 4. The van der Waals surface area contributed by atoms with Crippen LogP contribution in [0.15, 0.2) is 91.1 Å². The minimum absolute atomic E-state index is 0.261. The van der Waals surface area contributed by atoms with Crippen LogP contribution in [-0.4, -0.2) is 27.0 Å². The number of aromatic amines is 1. The Morgan fingerprint density at radius 1 is 0.917 bits per heavy atom. The van der Waals surface area contributed by atoms with E-state index in [4.69, 9.17) is 14.7 Å². The number of nitrogens with one attached hydrogen (secondary N) is 1. The van der Waals surface area contributed by atoms with Gasteiger partial charge in [0.2, 0.25) is 0 Å². The molecule has 0 saturated carbocycles. The maximum atomic E-state index is 5.57. The minimum atomic E-state index is 0.261. The highest BCUT2D eigenvalue weighted by Crippen LogP contribution is 2.35. The van der Waals surface area contributed by atoms with Crippen LogP contribution >= 0.6 is 0 Å². The molecule has 1 aliphatic rings. The van der Waals surface area contributed by atoms with Gasteiger partial charge in [0.25, 0.3) is 0 Å². The van der Waals surface area contributed by atoms with E-state index in [9.17, 15) is 0 Å². The van der Waals surface area contributed by atoms with Gasteiger partial charge in [-0.25, -0.2) is 4.98 Å². The van der Waals surface area contributed by atoms with Gasteiger partial charge in [-0.05, 0) is 60.2 Å². The summed E-state index contributed by atoms with van der Waals surface area (Å²) in [5.74, 6) is 1.88. The van der Waals surface area contributed by atoms with Gasteiger partial charge in [-0.15, -0.1) is 0 Å². The Hall–Kier alpha value is -3.96. The van der Waals surface area contributed by atoms with Crippen LogP contribution in [-0.2, 0) is 19.5 Å². The number of fused-ring (bicyclic) bond motifs is 2. The van der Waals surface area contributed by atoms with Crippen molar-refractivity contribution in [3.8, 4) is 16.9 Å². The smallest absolute Gasteiger partial charge is 0.126 e. The van der Waals surface area contributed by atoms with Gasteiger partial charge in [-0.1, -0.05) is 60.7 Å². The number of para-hydroxylation sites is 3. The largest absolute Gasteiger partial charge is 0.496 e. The average molecular weight is 475 g/mol. The van der Waals surface area contributed by atoms with Crippen molar-refractivity contribution in [2.45, 2.75) is 38.4 Å². The predicted molar refractivity (Wildman–Crippen MR) is 144 cm³/mol. The third kappa shape index (κ3) is 4.50. The van der Waals surface area contributed by atoms with E-state index < -0.39 is 0 Å². The molecule has 2 aromatic heterocycles. The van der Waals surface area contributed by atoms with Crippen LogP contribution in [0.25, 0.3) is 22.2 Å². The zero-order valence-corrected chi connectivity index (χ0v) is 20.5. The van der Waals surface area contributed by atoms with Crippen LogP contribution in [0.4, 0.5) is 0 Å². The SMILES string of the molecule is COc1ccccc1-c1ccc(CN(Cc2nc3ccccc3[nH]2)[C@@H]2CCCc3cccnc32)cc1. The summed E-state index contributed by atoms with van der Waals surface area (Å²) in [6, 6.07) is 29.8. The maximum Gasteiger partial charge on any atom is 0.126 e. The van der Waals surface area contributed by atoms with Crippen LogP contribution in [0.1, 0.15) is 41.5 Å². The zero-order valence-electron chi connectivity index (χ0n) is 20.5. The van der Waals surface area contributed by atoms with E-state index >= 15 is 0 Å². The monoisotopic (exact) mass is 474 g/mol. The third-order valence-electron chi connectivity index (χ3n) is 7.16. The van der Waals surface area contributed by atoms with Crippen molar-refractivity contribution < 1.29 is 4.74 Å². The van der Waals surface area contributed by atoms with Gasteiger partial charge in [-0.2, -0.15) is 0 Å². The maximum absolute atomic E-state index is 5.57. The van der Waals surface area contributed by atoms with Crippen molar-refractivity contribution in [3.63, 3.8) is 0 Å². The molecule has 0 saturated heterocycles. The summed E-state index contributed by atoms with van der Waals surface area (Å²) in [5, 5.41) is 0. The van der Waals surface area contributed by atoms with Crippen molar-refractivity contribution >= 4 is 11.0 Å². The number of aromatic nitrogens is 3. The van der Waals surface area contributed by atoms with Gasteiger partial charge in [-0.3, -0.25) is 9.88 Å². The van der Waals surface area contributed by atoms with E-state index in [1.165, 1.54) is 23.2 Å². The second kappa shape index (κ2) is 9.96. The van der Waals surface area contributed by atoms with E-state index in [1.807, 2.05) is 36.5 Å². The normalized spacial score (nSPS) is 15.2. The van der Waals surface area contributed by atoms with Crippen molar-refractivity contribution in [2.24, 2.45) is 0 Å². The summed E-state index contributed by atoms with van der Waals surface area (Å²) < 4.78 is 5.57. The molecule has 2 heterocycles.